The molecule has 2 saturated carbocycles. The van der Waals surface area contributed by atoms with Crippen LogP contribution in [0.5, 0.6) is 0 Å². The van der Waals surface area contributed by atoms with E-state index >= 15 is 0 Å². The molecule has 0 unspecified atom stereocenters. The lowest BCUT2D eigenvalue weighted by Crippen LogP contribution is -2.35. The minimum atomic E-state index is -0.276. The summed E-state index contributed by atoms with van der Waals surface area (Å²) in [5.41, 5.74) is 3.75. The van der Waals surface area contributed by atoms with Gasteiger partial charge in [-0.1, -0.05) is 31.4 Å². The predicted molar refractivity (Wildman–Crippen MR) is 115 cm³/mol. The first kappa shape index (κ1) is 18.5. The summed E-state index contributed by atoms with van der Waals surface area (Å²) in [6.07, 6.45) is 15.0. The van der Waals surface area contributed by atoms with E-state index in [1.165, 1.54) is 38.2 Å². The molecule has 0 radical (unpaired) electrons. The normalized spacial score (nSPS) is 21.3. The second kappa shape index (κ2) is 7.37. The van der Waals surface area contributed by atoms with Crippen LogP contribution in [-0.4, -0.2) is 22.1 Å². The summed E-state index contributed by atoms with van der Waals surface area (Å²) in [5.74, 6) is 0.461. The number of benzene rings is 1. The molecule has 0 amide bonds. The lowest BCUT2D eigenvalue weighted by Gasteiger charge is -2.36. The largest absolute Gasteiger partial charge is 0.363 e. The fourth-order valence-corrected chi connectivity index (χ4v) is 5.33. The van der Waals surface area contributed by atoms with Crippen LogP contribution < -0.4 is 0 Å². The Morgan fingerprint density at radius 1 is 1.14 bits per heavy atom. The number of hydrogen-bond donors (Lipinski definition) is 0. The lowest BCUT2D eigenvalue weighted by molar-refractivity contribution is 0.301. The molecule has 3 aliphatic rings. The van der Waals surface area contributed by atoms with Crippen LogP contribution in [0.3, 0.4) is 0 Å². The first-order valence-corrected chi connectivity index (χ1v) is 11.1. The molecule has 2 aliphatic carbocycles. The standard InChI is InChI=1S/C25H28FN3/c1-17(18-10-11-18)28-14-6-5-9-24(28)25-22(16-27)21-15-19(26)12-13-23(21)29(25)20-7-3-2-4-8-20/h5-6,9,12-13,15,17-18,20H,2-4,7-8,10-11,14H2,1H3/t17-/m0/s1. The second-order valence-corrected chi connectivity index (χ2v) is 8.87. The monoisotopic (exact) mass is 389 g/mol. The highest BCUT2D eigenvalue weighted by molar-refractivity contribution is 5.93. The fraction of sp³-hybridized carbons (Fsp3) is 0.480. The number of fused-ring (bicyclic) bond motifs is 1. The van der Waals surface area contributed by atoms with Crippen LogP contribution in [0.25, 0.3) is 16.6 Å². The maximum Gasteiger partial charge on any atom is 0.124 e. The summed E-state index contributed by atoms with van der Waals surface area (Å²) < 4.78 is 16.5. The molecule has 2 fully saturated rings. The van der Waals surface area contributed by atoms with E-state index in [2.05, 4.69) is 40.7 Å². The van der Waals surface area contributed by atoms with E-state index < -0.39 is 0 Å². The summed E-state index contributed by atoms with van der Waals surface area (Å²) in [6, 6.07) is 8.23. The van der Waals surface area contributed by atoms with Crippen LogP contribution in [0.15, 0.2) is 36.4 Å². The number of allylic oxidation sites excluding steroid dienone is 2. The number of nitrogens with zero attached hydrogens (tertiary/aromatic N) is 3. The molecule has 0 N–H and O–H groups in total. The van der Waals surface area contributed by atoms with Gasteiger partial charge >= 0.3 is 0 Å². The number of nitriles is 1. The number of aromatic nitrogens is 1. The smallest absolute Gasteiger partial charge is 0.124 e. The van der Waals surface area contributed by atoms with Crippen LogP contribution >= 0.6 is 0 Å². The van der Waals surface area contributed by atoms with Crippen molar-refractivity contribution in [2.24, 2.45) is 5.92 Å². The van der Waals surface area contributed by atoms with Gasteiger partial charge < -0.3 is 9.47 Å². The molecule has 0 spiro atoms. The van der Waals surface area contributed by atoms with E-state index in [4.69, 9.17) is 0 Å². The summed E-state index contributed by atoms with van der Waals surface area (Å²) >= 11 is 0. The molecular weight excluding hydrogens is 361 g/mol. The molecule has 1 aliphatic heterocycles. The Hall–Kier alpha value is -2.54. The SMILES string of the molecule is C[C@@H](C1CC1)N1CC=CC=C1c1c(C#N)c2cc(F)ccc2n1C1CCCCC1. The molecule has 2 heterocycles. The molecule has 3 nitrogen and oxygen atoms in total. The zero-order chi connectivity index (χ0) is 20.0. The maximum absolute atomic E-state index is 14.1. The van der Waals surface area contributed by atoms with Gasteiger partial charge in [0.25, 0.3) is 0 Å². The summed E-state index contributed by atoms with van der Waals surface area (Å²) in [6.45, 7) is 3.18. The Kier molecular flexibility index (Phi) is 4.70. The second-order valence-electron chi connectivity index (χ2n) is 8.87. The number of rotatable bonds is 4. The van der Waals surface area contributed by atoms with Gasteiger partial charge in [-0.05, 0) is 62.8 Å². The Balaban J connectivity index is 1.74. The quantitative estimate of drug-likeness (QED) is 0.626. The van der Waals surface area contributed by atoms with Crippen molar-refractivity contribution in [2.45, 2.75) is 64.0 Å². The zero-order valence-electron chi connectivity index (χ0n) is 17.1. The highest BCUT2D eigenvalue weighted by Gasteiger charge is 2.36. The summed E-state index contributed by atoms with van der Waals surface area (Å²) in [5, 5.41) is 10.9. The van der Waals surface area contributed by atoms with Crippen LogP contribution in [0, 0.1) is 23.1 Å². The van der Waals surface area contributed by atoms with Crippen LogP contribution in [0.4, 0.5) is 4.39 Å². The van der Waals surface area contributed by atoms with Crippen molar-refractivity contribution in [1.82, 2.24) is 9.47 Å². The zero-order valence-corrected chi connectivity index (χ0v) is 17.1. The Bertz CT molecular complexity index is 1030. The molecule has 1 atom stereocenters. The minimum absolute atomic E-state index is 0.276. The summed E-state index contributed by atoms with van der Waals surface area (Å²) in [4.78, 5) is 2.46. The van der Waals surface area contributed by atoms with E-state index in [9.17, 15) is 9.65 Å². The molecule has 4 heteroatoms. The van der Waals surface area contributed by atoms with E-state index in [-0.39, 0.29) is 5.82 Å². The Morgan fingerprint density at radius 2 is 1.93 bits per heavy atom. The third-order valence-electron chi connectivity index (χ3n) is 7.06. The van der Waals surface area contributed by atoms with Gasteiger partial charge in [0.05, 0.1) is 22.5 Å². The maximum atomic E-state index is 14.1. The van der Waals surface area contributed by atoms with Gasteiger partial charge in [-0.3, -0.25) is 0 Å². The number of halogens is 1. The average molecular weight is 390 g/mol. The van der Waals surface area contributed by atoms with Crippen LogP contribution in [0.2, 0.25) is 0 Å². The molecule has 29 heavy (non-hydrogen) atoms. The molecule has 1 aromatic heterocycles. The Morgan fingerprint density at radius 3 is 2.66 bits per heavy atom. The van der Waals surface area contributed by atoms with Gasteiger partial charge in [0.2, 0.25) is 0 Å². The van der Waals surface area contributed by atoms with Gasteiger partial charge in [0.15, 0.2) is 0 Å². The average Bonchev–Trinajstić information content (AvgIpc) is 3.55. The van der Waals surface area contributed by atoms with Crippen molar-refractivity contribution in [3.63, 3.8) is 0 Å². The summed E-state index contributed by atoms with van der Waals surface area (Å²) in [7, 11) is 0. The van der Waals surface area contributed by atoms with E-state index in [1.54, 1.807) is 6.07 Å². The van der Waals surface area contributed by atoms with Gasteiger partial charge in [-0.15, -0.1) is 0 Å². The van der Waals surface area contributed by atoms with Gasteiger partial charge in [0, 0.05) is 24.0 Å². The van der Waals surface area contributed by atoms with Crippen molar-refractivity contribution >= 4 is 16.6 Å². The van der Waals surface area contributed by atoms with Crippen molar-refractivity contribution < 1.29 is 4.39 Å². The van der Waals surface area contributed by atoms with E-state index in [0.29, 0.717) is 17.6 Å². The molecule has 0 saturated heterocycles. The third kappa shape index (κ3) is 3.17. The number of hydrogen-bond acceptors (Lipinski definition) is 2. The predicted octanol–water partition coefficient (Wildman–Crippen LogP) is 6.17. The Labute approximate surface area is 172 Å². The minimum Gasteiger partial charge on any atom is -0.363 e. The highest BCUT2D eigenvalue weighted by atomic mass is 19.1. The van der Waals surface area contributed by atoms with E-state index in [0.717, 1.165) is 47.6 Å². The van der Waals surface area contributed by atoms with Crippen LogP contribution in [-0.2, 0) is 0 Å². The molecule has 5 rings (SSSR count). The van der Waals surface area contributed by atoms with Crippen molar-refractivity contribution in [3.05, 3.63) is 53.5 Å². The van der Waals surface area contributed by atoms with E-state index in [1.807, 2.05) is 6.07 Å². The fourth-order valence-electron chi connectivity index (χ4n) is 5.33. The van der Waals surface area contributed by atoms with Crippen molar-refractivity contribution in [3.8, 4) is 6.07 Å². The van der Waals surface area contributed by atoms with Crippen LogP contribution in [0.1, 0.15) is 69.2 Å². The molecular formula is C25H28FN3. The van der Waals surface area contributed by atoms with Crippen molar-refractivity contribution in [1.29, 1.82) is 5.26 Å². The van der Waals surface area contributed by atoms with Gasteiger partial charge in [0.1, 0.15) is 11.9 Å². The van der Waals surface area contributed by atoms with Gasteiger partial charge in [-0.2, -0.15) is 5.26 Å². The first-order chi connectivity index (χ1) is 14.2. The highest BCUT2D eigenvalue weighted by Crippen LogP contribution is 2.43. The topological polar surface area (TPSA) is 32.0 Å². The third-order valence-corrected chi connectivity index (χ3v) is 7.06. The van der Waals surface area contributed by atoms with Gasteiger partial charge in [-0.25, -0.2) is 4.39 Å². The molecule has 150 valence electrons. The molecule has 0 bridgehead atoms. The lowest BCUT2D eigenvalue weighted by atomic mass is 9.94. The van der Waals surface area contributed by atoms with Crippen molar-refractivity contribution in [2.75, 3.05) is 6.54 Å². The molecule has 2 aromatic rings. The molecule has 1 aromatic carbocycles. The first-order valence-electron chi connectivity index (χ1n) is 11.1.